The summed E-state index contributed by atoms with van der Waals surface area (Å²) in [5.41, 5.74) is 2.16. The van der Waals surface area contributed by atoms with E-state index in [4.69, 9.17) is 0 Å². The third-order valence-corrected chi connectivity index (χ3v) is 4.07. The van der Waals surface area contributed by atoms with Crippen LogP contribution in [0.1, 0.15) is 37.1 Å². The van der Waals surface area contributed by atoms with Crippen LogP contribution >= 0.6 is 0 Å². The molecule has 19 heavy (non-hydrogen) atoms. The molecule has 1 aliphatic carbocycles. The standard InChI is InChI=1S/C15H24N4/c1-11-8-12(2)18-15(17-11)19(14-5-6-14)10-13-4-3-7-16-9-13/h8,13-14,16H,3-7,9-10H2,1-2H3. The molecule has 1 atom stereocenters. The van der Waals surface area contributed by atoms with Gasteiger partial charge in [-0.1, -0.05) is 0 Å². The van der Waals surface area contributed by atoms with E-state index >= 15 is 0 Å². The summed E-state index contributed by atoms with van der Waals surface area (Å²) < 4.78 is 0. The third-order valence-electron chi connectivity index (χ3n) is 4.07. The van der Waals surface area contributed by atoms with Crippen LogP contribution < -0.4 is 10.2 Å². The quantitative estimate of drug-likeness (QED) is 0.899. The van der Waals surface area contributed by atoms with Crippen LogP contribution in [0.15, 0.2) is 6.07 Å². The summed E-state index contributed by atoms with van der Waals surface area (Å²) in [7, 11) is 0. The molecule has 0 bridgehead atoms. The second kappa shape index (κ2) is 5.45. The molecule has 2 aliphatic rings. The smallest absolute Gasteiger partial charge is 0.226 e. The van der Waals surface area contributed by atoms with Gasteiger partial charge in [0.15, 0.2) is 0 Å². The zero-order chi connectivity index (χ0) is 13.2. The molecule has 4 nitrogen and oxygen atoms in total. The lowest BCUT2D eigenvalue weighted by Gasteiger charge is -2.30. The molecule has 104 valence electrons. The number of nitrogens with one attached hydrogen (secondary N) is 1. The molecule has 0 aromatic carbocycles. The number of aromatic nitrogens is 2. The lowest BCUT2D eigenvalue weighted by atomic mass is 9.99. The van der Waals surface area contributed by atoms with E-state index in [9.17, 15) is 0 Å². The third kappa shape index (κ3) is 3.24. The van der Waals surface area contributed by atoms with Crippen molar-refractivity contribution in [3.05, 3.63) is 17.5 Å². The lowest BCUT2D eigenvalue weighted by Crippen LogP contribution is -2.40. The van der Waals surface area contributed by atoms with E-state index in [0.717, 1.165) is 36.3 Å². The van der Waals surface area contributed by atoms with Crippen LogP contribution in [0.25, 0.3) is 0 Å². The van der Waals surface area contributed by atoms with Crippen LogP contribution in [0.2, 0.25) is 0 Å². The minimum Gasteiger partial charge on any atom is -0.338 e. The van der Waals surface area contributed by atoms with E-state index in [1.54, 1.807) is 0 Å². The number of piperidine rings is 1. The molecule has 4 heteroatoms. The predicted molar refractivity (Wildman–Crippen MR) is 77.5 cm³/mol. The summed E-state index contributed by atoms with van der Waals surface area (Å²) in [6.45, 7) is 7.56. The number of hydrogen-bond acceptors (Lipinski definition) is 4. The molecule has 0 spiro atoms. The van der Waals surface area contributed by atoms with Gasteiger partial charge in [-0.3, -0.25) is 0 Å². The van der Waals surface area contributed by atoms with Gasteiger partial charge >= 0.3 is 0 Å². The SMILES string of the molecule is Cc1cc(C)nc(N(CC2CCCNC2)C2CC2)n1. The van der Waals surface area contributed by atoms with Crippen LogP contribution in [0, 0.1) is 19.8 Å². The summed E-state index contributed by atoms with van der Waals surface area (Å²) in [6, 6.07) is 2.74. The first-order valence-electron chi connectivity index (χ1n) is 7.52. The van der Waals surface area contributed by atoms with Crippen molar-refractivity contribution in [2.75, 3.05) is 24.5 Å². The zero-order valence-electron chi connectivity index (χ0n) is 12.0. The van der Waals surface area contributed by atoms with Gasteiger partial charge in [-0.25, -0.2) is 9.97 Å². The van der Waals surface area contributed by atoms with Gasteiger partial charge in [0.2, 0.25) is 5.95 Å². The summed E-state index contributed by atoms with van der Waals surface area (Å²) in [4.78, 5) is 11.8. The van der Waals surface area contributed by atoms with E-state index in [2.05, 4.69) is 40.1 Å². The van der Waals surface area contributed by atoms with Crippen molar-refractivity contribution in [2.24, 2.45) is 5.92 Å². The van der Waals surface area contributed by atoms with Gasteiger partial charge in [-0.15, -0.1) is 0 Å². The van der Waals surface area contributed by atoms with Gasteiger partial charge in [-0.05, 0) is 64.6 Å². The van der Waals surface area contributed by atoms with Crippen molar-refractivity contribution in [3.8, 4) is 0 Å². The summed E-state index contributed by atoms with van der Waals surface area (Å²) in [5, 5.41) is 3.51. The Kier molecular flexibility index (Phi) is 3.69. The van der Waals surface area contributed by atoms with E-state index < -0.39 is 0 Å². The Bertz CT molecular complexity index is 416. The van der Waals surface area contributed by atoms with Crippen molar-refractivity contribution in [3.63, 3.8) is 0 Å². The Labute approximate surface area is 115 Å². The number of nitrogens with zero attached hydrogens (tertiary/aromatic N) is 3. The van der Waals surface area contributed by atoms with Crippen LogP contribution in [0.3, 0.4) is 0 Å². The molecule has 1 unspecified atom stereocenters. The molecule has 1 aromatic rings. The Morgan fingerprint density at radius 3 is 2.53 bits per heavy atom. The maximum absolute atomic E-state index is 4.66. The Hall–Kier alpha value is -1.16. The lowest BCUT2D eigenvalue weighted by molar-refractivity contribution is 0.374. The molecule has 1 aliphatic heterocycles. The van der Waals surface area contributed by atoms with Gasteiger partial charge in [-0.2, -0.15) is 0 Å². The summed E-state index contributed by atoms with van der Waals surface area (Å²) in [5.74, 6) is 1.70. The van der Waals surface area contributed by atoms with Crippen LogP contribution in [-0.4, -0.2) is 35.6 Å². The van der Waals surface area contributed by atoms with Crippen molar-refractivity contribution in [1.82, 2.24) is 15.3 Å². The average Bonchev–Trinajstić information content (AvgIpc) is 3.20. The van der Waals surface area contributed by atoms with E-state index in [-0.39, 0.29) is 0 Å². The molecule has 0 radical (unpaired) electrons. The number of anilines is 1. The number of hydrogen-bond donors (Lipinski definition) is 1. The Morgan fingerprint density at radius 2 is 1.95 bits per heavy atom. The number of aryl methyl sites for hydroxylation is 2. The zero-order valence-corrected chi connectivity index (χ0v) is 12.0. The van der Waals surface area contributed by atoms with Gasteiger partial charge in [0.1, 0.15) is 0 Å². The Morgan fingerprint density at radius 1 is 1.21 bits per heavy atom. The maximum Gasteiger partial charge on any atom is 0.226 e. The fourth-order valence-corrected chi connectivity index (χ4v) is 2.97. The molecule has 2 heterocycles. The van der Waals surface area contributed by atoms with Crippen LogP contribution in [-0.2, 0) is 0 Å². The first-order valence-corrected chi connectivity index (χ1v) is 7.52. The highest BCUT2D eigenvalue weighted by Crippen LogP contribution is 2.31. The molecule has 0 amide bonds. The monoisotopic (exact) mass is 260 g/mol. The molecular weight excluding hydrogens is 236 g/mol. The minimum atomic E-state index is 0.683. The van der Waals surface area contributed by atoms with Crippen molar-refractivity contribution >= 4 is 5.95 Å². The minimum absolute atomic E-state index is 0.683. The molecule has 1 aromatic heterocycles. The summed E-state index contributed by atoms with van der Waals surface area (Å²) >= 11 is 0. The van der Waals surface area contributed by atoms with E-state index in [0.29, 0.717) is 6.04 Å². The second-order valence-corrected chi connectivity index (χ2v) is 6.05. The van der Waals surface area contributed by atoms with Gasteiger partial charge in [0, 0.05) is 24.0 Å². The average molecular weight is 260 g/mol. The molecular formula is C15H24N4. The van der Waals surface area contributed by atoms with Gasteiger partial charge in [0.25, 0.3) is 0 Å². The number of rotatable bonds is 4. The highest BCUT2D eigenvalue weighted by molar-refractivity contribution is 5.36. The Balaban J connectivity index is 1.76. The van der Waals surface area contributed by atoms with Gasteiger partial charge < -0.3 is 10.2 Å². The molecule has 3 rings (SSSR count). The highest BCUT2D eigenvalue weighted by Gasteiger charge is 2.32. The van der Waals surface area contributed by atoms with Crippen molar-refractivity contribution in [2.45, 2.75) is 45.6 Å². The van der Waals surface area contributed by atoms with Crippen LogP contribution in [0.4, 0.5) is 5.95 Å². The maximum atomic E-state index is 4.66. The fraction of sp³-hybridized carbons (Fsp3) is 0.733. The largest absolute Gasteiger partial charge is 0.338 e. The van der Waals surface area contributed by atoms with Crippen LogP contribution in [0.5, 0.6) is 0 Å². The predicted octanol–water partition coefficient (Wildman–Crippen LogP) is 2.06. The summed E-state index contributed by atoms with van der Waals surface area (Å²) in [6.07, 6.45) is 5.24. The second-order valence-electron chi connectivity index (χ2n) is 6.05. The van der Waals surface area contributed by atoms with Crippen molar-refractivity contribution in [1.29, 1.82) is 0 Å². The molecule has 1 saturated heterocycles. The molecule has 1 N–H and O–H groups in total. The van der Waals surface area contributed by atoms with E-state index in [1.165, 1.54) is 32.2 Å². The first kappa shape index (κ1) is 12.9. The molecule has 2 fully saturated rings. The first-order chi connectivity index (χ1) is 9.22. The molecule has 1 saturated carbocycles. The van der Waals surface area contributed by atoms with Gasteiger partial charge in [0.05, 0.1) is 0 Å². The van der Waals surface area contributed by atoms with Crippen molar-refractivity contribution < 1.29 is 0 Å². The highest BCUT2D eigenvalue weighted by atomic mass is 15.3. The topological polar surface area (TPSA) is 41.1 Å². The normalized spacial score (nSPS) is 23.4. The fourth-order valence-electron chi connectivity index (χ4n) is 2.97. The van der Waals surface area contributed by atoms with E-state index in [1.807, 2.05) is 0 Å².